The molecule has 3 N–H and O–H groups in total. The van der Waals surface area contributed by atoms with E-state index >= 15 is 0 Å². The fourth-order valence-corrected chi connectivity index (χ4v) is 1.58. The molecule has 0 spiro atoms. The minimum absolute atomic E-state index is 0.0830. The first-order valence-corrected chi connectivity index (χ1v) is 4.97. The van der Waals surface area contributed by atoms with Crippen LogP contribution in [0.2, 0.25) is 0 Å². The zero-order valence-electron chi connectivity index (χ0n) is 8.65. The summed E-state index contributed by atoms with van der Waals surface area (Å²) >= 11 is 0. The second-order valence-corrected chi connectivity index (χ2v) is 3.65. The molecule has 0 saturated heterocycles. The number of benzene rings is 2. The summed E-state index contributed by atoms with van der Waals surface area (Å²) < 4.78 is 12.7. The SMILES string of the molecule is Nc1c(O)cccc1Cc1ccc(F)cc1. The van der Waals surface area contributed by atoms with E-state index < -0.39 is 0 Å². The van der Waals surface area contributed by atoms with Crippen molar-refractivity contribution in [2.45, 2.75) is 6.42 Å². The van der Waals surface area contributed by atoms with Crippen LogP contribution in [-0.2, 0) is 6.42 Å². The van der Waals surface area contributed by atoms with Crippen LogP contribution < -0.4 is 5.73 Å². The standard InChI is InChI=1S/C13H12FNO/c14-11-6-4-9(5-7-11)8-10-2-1-3-12(16)13(10)15/h1-7,16H,8,15H2. The molecule has 0 radical (unpaired) electrons. The first kappa shape index (κ1) is 10.5. The summed E-state index contributed by atoms with van der Waals surface area (Å²) in [4.78, 5) is 0. The minimum Gasteiger partial charge on any atom is -0.506 e. The Morgan fingerprint density at radius 2 is 1.75 bits per heavy atom. The first-order valence-electron chi connectivity index (χ1n) is 4.97. The highest BCUT2D eigenvalue weighted by Crippen LogP contribution is 2.25. The van der Waals surface area contributed by atoms with Crippen molar-refractivity contribution in [2.24, 2.45) is 0 Å². The van der Waals surface area contributed by atoms with Crippen LogP contribution in [0.4, 0.5) is 10.1 Å². The molecule has 16 heavy (non-hydrogen) atoms. The van der Waals surface area contributed by atoms with Crippen LogP contribution in [-0.4, -0.2) is 5.11 Å². The molecule has 0 saturated carbocycles. The van der Waals surface area contributed by atoms with Gasteiger partial charge in [-0.1, -0.05) is 24.3 Å². The number of rotatable bonds is 2. The van der Waals surface area contributed by atoms with E-state index in [4.69, 9.17) is 5.73 Å². The van der Waals surface area contributed by atoms with Gasteiger partial charge in [0, 0.05) is 0 Å². The maximum Gasteiger partial charge on any atom is 0.138 e. The average Bonchev–Trinajstić information content (AvgIpc) is 2.28. The maximum atomic E-state index is 12.7. The van der Waals surface area contributed by atoms with Gasteiger partial charge in [-0.2, -0.15) is 0 Å². The molecule has 0 amide bonds. The molecule has 0 aliphatic rings. The van der Waals surface area contributed by atoms with E-state index in [2.05, 4.69) is 0 Å². The first-order chi connectivity index (χ1) is 7.66. The highest BCUT2D eigenvalue weighted by atomic mass is 19.1. The number of nitrogens with two attached hydrogens (primary N) is 1. The summed E-state index contributed by atoms with van der Waals surface area (Å²) in [6.45, 7) is 0. The van der Waals surface area contributed by atoms with E-state index in [-0.39, 0.29) is 11.6 Å². The highest BCUT2D eigenvalue weighted by Gasteiger charge is 2.04. The third kappa shape index (κ3) is 2.14. The van der Waals surface area contributed by atoms with Crippen molar-refractivity contribution in [2.75, 3.05) is 5.73 Å². The molecule has 0 bridgehead atoms. The van der Waals surface area contributed by atoms with Crippen LogP contribution in [0.25, 0.3) is 0 Å². The lowest BCUT2D eigenvalue weighted by molar-refractivity contribution is 0.477. The van der Waals surface area contributed by atoms with E-state index in [0.717, 1.165) is 11.1 Å². The van der Waals surface area contributed by atoms with Crippen molar-refractivity contribution in [3.8, 4) is 5.75 Å². The summed E-state index contributed by atoms with van der Waals surface area (Å²) in [5.41, 5.74) is 7.91. The molecule has 2 aromatic carbocycles. The fraction of sp³-hybridized carbons (Fsp3) is 0.0769. The second kappa shape index (κ2) is 4.23. The molecule has 2 nitrogen and oxygen atoms in total. The predicted molar refractivity (Wildman–Crippen MR) is 61.7 cm³/mol. The van der Waals surface area contributed by atoms with E-state index in [1.807, 2.05) is 6.07 Å². The number of anilines is 1. The van der Waals surface area contributed by atoms with Crippen LogP contribution in [0.5, 0.6) is 5.75 Å². The molecule has 82 valence electrons. The van der Waals surface area contributed by atoms with Gasteiger partial charge in [-0.15, -0.1) is 0 Å². The smallest absolute Gasteiger partial charge is 0.138 e. The van der Waals surface area contributed by atoms with Crippen molar-refractivity contribution in [1.82, 2.24) is 0 Å². The normalized spacial score (nSPS) is 10.3. The van der Waals surface area contributed by atoms with Crippen LogP contribution in [0.15, 0.2) is 42.5 Å². The number of aromatic hydroxyl groups is 1. The molecule has 0 heterocycles. The van der Waals surface area contributed by atoms with Gasteiger partial charge in [-0.05, 0) is 35.7 Å². The number of hydrogen-bond donors (Lipinski definition) is 2. The van der Waals surface area contributed by atoms with Gasteiger partial charge in [0.15, 0.2) is 0 Å². The Morgan fingerprint density at radius 3 is 2.44 bits per heavy atom. The largest absolute Gasteiger partial charge is 0.506 e. The zero-order chi connectivity index (χ0) is 11.5. The van der Waals surface area contributed by atoms with Gasteiger partial charge in [0.2, 0.25) is 0 Å². The number of para-hydroxylation sites is 1. The Bertz CT molecular complexity index is 494. The number of phenols is 1. The van der Waals surface area contributed by atoms with Crippen LogP contribution >= 0.6 is 0 Å². The molecule has 2 rings (SSSR count). The molecular formula is C13H12FNO. The lowest BCUT2D eigenvalue weighted by Crippen LogP contribution is -1.96. The Labute approximate surface area is 93.2 Å². The molecule has 0 aliphatic heterocycles. The van der Waals surface area contributed by atoms with Gasteiger partial charge >= 0.3 is 0 Å². The lowest BCUT2D eigenvalue weighted by Gasteiger charge is -2.07. The molecule has 0 aliphatic carbocycles. The third-order valence-corrected chi connectivity index (χ3v) is 2.48. The number of phenolic OH excluding ortho intramolecular Hbond substituents is 1. The van der Waals surface area contributed by atoms with Crippen LogP contribution in [0.3, 0.4) is 0 Å². The van der Waals surface area contributed by atoms with Crippen molar-refractivity contribution in [3.05, 3.63) is 59.4 Å². The van der Waals surface area contributed by atoms with Gasteiger partial charge in [0.25, 0.3) is 0 Å². The Hall–Kier alpha value is -2.03. The van der Waals surface area contributed by atoms with E-state index in [1.54, 1.807) is 24.3 Å². The van der Waals surface area contributed by atoms with Gasteiger partial charge in [0.1, 0.15) is 11.6 Å². The summed E-state index contributed by atoms with van der Waals surface area (Å²) in [6.07, 6.45) is 0.584. The van der Waals surface area contributed by atoms with Gasteiger partial charge < -0.3 is 10.8 Å². The summed E-state index contributed by atoms with van der Waals surface area (Å²) in [6, 6.07) is 11.4. The molecule has 0 fully saturated rings. The molecule has 0 unspecified atom stereocenters. The summed E-state index contributed by atoms with van der Waals surface area (Å²) in [5, 5.41) is 9.44. The number of halogens is 1. The van der Waals surface area contributed by atoms with E-state index in [1.165, 1.54) is 12.1 Å². The number of nitrogen functional groups attached to an aromatic ring is 1. The van der Waals surface area contributed by atoms with Crippen molar-refractivity contribution < 1.29 is 9.50 Å². The predicted octanol–water partition coefficient (Wildman–Crippen LogP) is 2.70. The highest BCUT2D eigenvalue weighted by molar-refractivity contribution is 5.58. The maximum absolute atomic E-state index is 12.7. The molecule has 2 aromatic rings. The third-order valence-electron chi connectivity index (χ3n) is 2.48. The van der Waals surface area contributed by atoms with Gasteiger partial charge in [0.05, 0.1) is 5.69 Å². The van der Waals surface area contributed by atoms with Crippen LogP contribution in [0, 0.1) is 5.82 Å². The van der Waals surface area contributed by atoms with Gasteiger partial charge in [-0.3, -0.25) is 0 Å². The van der Waals surface area contributed by atoms with E-state index in [0.29, 0.717) is 12.1 Å². The zero-order valence-corrected chi connectivity index (χ0v) is 8.65. The Balaban J connectivity index is 2.27. The molecule has 0 atom stereocenters. The average molecular weight is 217 g/mol. The Morgan fingerprint density at radius 1 is 1.06 bits per heavy atom. The van der Waals surface area contributed by atoms with Crippen molar-refractivity contribution in [3.63, 3.8) is 0 Å². The summed E-state index contributed by atoms with van der Waals surface area (Å²) in [7, 11) is 0. The lowest BCUT2D eigenvalue weighted by atomic mass is 10.0. The summed E-state index contributed by atoms with van der Waals surface area (Å²) in [5.74, 6) is -0.174. The molecular weight excluding hydrogens is 205 g/mol. The molecule has 3 heteroatoms. The number of hydrogen-bond acceptors (Lipinski definition) is 2. The Kier molecular flexibility index (Phi) is 2.77. The van der Waals surface area contributed by atoms with Crippen molar-refractivity contribution >= 4 is 5.69 Å². The fourth-order valence-electron chi connectivity index (χ4n) is 1.58. The van der Waals surface area contributed by atoms with Gasteiger partial charge in [-0.25, -0.2) is 4.39 Å². The second-order valence-electron chi connectivity index (χ2n) is 3.65. The molecule has 0 aromatic heterocycles. The van der Waals surface area contributed by atoms with Crippen molar-refractivity contribution in [1.29, 1.82) is 0 Å². The quantitative estimate of drug-likeness (QED) is 0.600. The van der Waals surface area contributed by atoms with Crippen LogP contribution in [0.1, 0.15) is 11.1 Å². The topological polar surface area (TPSA) is 46.2 Å². The monoisotopic (exact) mass is 217 g/mol. The minimum atomic E-state index is -0.257. The van der Waals surface area contributed by atoms with E-state index in [9.17, 15) is 9.50 Å².